The third-order valence-corrected chi connectivity index (χ3v) is 5.06. The van der Waals surface area contributed by atoms with Crippen LogP contribution < -0.4 is 0 Å². The largest absolute Gasteiger partial charge is 0.396 e. The Kier molecular flexibility index (Phi) is 12.3. The van der Waals surface area contributed by atoms with Crippen LogP contribution in [0.25, 0.3) is 0 Å². The van der Waals surface area contributed by atoms with Gasteiger partial charge in [-0.15, -0.1) is 0 Å². The highest BCUT2D eigenvalue weighted by atomic mass is 16.2. The average molecular weight is 298 g/mol. The van der Waals surface area contributed by atoms with Crippen molar-refractivity contribution in [2.24, 2.45) is 5.92 Å². The van der Waals surface area contributed by atoms with Gasteiger partial charge in [-0.2, -0.15) is 0 Å². The molecule has 0 atom stereocenters. The maximum absolute atomic E-state index is 8.79. The SMILES string of the molecule is CCCCCCCCCC1CCN(CCCCCO)CC1. The molecular formula is C19H39NO. The molecule has 21 heavy (non-hydrogen) atoms. The number of hydrogen-bond acceptors (Lipinski definition) is 2. The third-order valence-electron chi connectivity index (χ3n) is 5.06. The molecule has 1 rings (SSSR count). The van der Waals surface area contributed by atoms with E-state index in [1.807, 2.05) is 0 Å². The van der Waals surface area contributed by atoms with Gasteiger partial charge < -0.3 is 10.0 Å². The van der Waals surface area contributed by atoms with Gasteiger partial charge in [0.15, 0.2) is 0 Å². The second-order valence-corrected chi connectivity index (χ2v) is 6.98. The fourth-order valence-corrected chi connectivity index (χ4v) is 3.51. The van der Waals surface area contributed by atoms with Gasteiger partial charge in [-0.3, -0.25) is 0 Å². The van der Waals surface area contributed by atoms with Crippen molar-refractivity contribution >= 4 is 0 Å². The van der Waals surface area contributed by atoms with Crippen LogP contribution in [0.2, 0.25) is 0 Å². The molecule has 0 aromatic rings. The average Bonchev–Trinajstić information content (AvgIpc) is 2.52. The van der Waals surface area contributed by atoms with Crippen LogP contribution in [-0.2, 0) is 0 Å². The quantitative estimate of drug-likeness (QED) is 0.483. The zero-order valence-electron chi connectivity index (χ0n) is 14.5. The topological polar surface area (TPSA) is 23.5 Å². The van der Waals surface area contributed by atoms with E-state index in [4.69, 9.17) is 5.11 Å². The summed E-state index contributed by atoms with van der Waals surface area (Å²) in [5.41, 5.74) is 0. The lowest BCUT2D eigenvalue weighted by Crippen LogP contribution is -2.34. The van der Waals surface area contributed by atoms with Crippen LogP contribution in [0.5, 0.6) is 0 Å². The zero-order valence-corrected chi connectivity index (χ0v) is 14.5. The molecule has 1 saturated heterocycles. The summed E-state index contributed by atoms with van der Waals surface area (Å²) < 4.78 is 0. The van der Waals surface area contributed by atoms with E-state index < -0.39 is 0 Å². The molecule has 0 amide bonds. The van der Waals surface area contributed by atoms with Gasteiger partial charge in [-0.05, 0) is 57.7 Å². The van der Waals surface area contributed by atoms with Crippen molar-refractivity contribution in [1.82, 2.24) is 4.90 Å². The predicted octanol–water partition coefficient (Wildman–Crippen LogP) is 5.00. The van der Waals surface area contributed by atoms with Crippen molar-refractivity contribution in [3.05, 3.63) is 0 Å². The van der Waals surface area contributed by atoms with Gasteiger partial charge >= 0.3 is 0 Å². The Balaban J connectivity index is 1.89. The fourth-order valence-electron chi connectivity index (χ4n) is 3.51. The van der Waals surface area contributed by atoms with Gasteiger partial charge in [0.1, 0.15) is 0 Å². The molecule has 1 fully saturated rings. The van der Waals surface area contributed by atoms with Crippen molar-refractivity contribution in [3.63, 3.8) is 0 Å². The molecule has 0 aliphatic carbocycles. The summed E-state index contributed by atoms with van der Waals surface area (Å²) in [7, 11) is 0. The normalized spacial score (nSPS) is 17.4. The first kappa shape index (κ1) is 19.0. The Hall–Kier alpha value is -0.0800. The lowest BCUT2D eigenvalue weighted by molar-refractivity contribution is 0.172. The van der Waals surface area contributed by atoms with Crippen molar-refractivity contribution in [2.45, 2.75) is 90.4 Å². The van der Waals surface area contributed by atoms with Crippen LogP contribution in [0.15, 0.2) is 0 Å². The van der Waals surface area contributed by atoms with E-state index >= 15 is 0 Å². The molecule has 1 N–H and O–H groups in total. The lowest BCUT2D eigenvalue weighted by Gasteiger charge is -2.32. The fraction of sp³-hybridized carbons (Fsp3) is 1.00. The van der Waals surface area contributed by atoms with E-state index in [0.29, 0.717) is 6.61 Å². The number of aliphatic hydroxyl groups excluding tert-OH is 1. The predicted molar refractivity (Wildman–Crippen MR) is 92.7 cm³/mol. The van der Waals surface area contributed by atoms with Crippen molar-refractivity contribution in [2.75, 3.05) is 26.2 Å². The number of nitrogens with zero attached hydrogens (tertiary/aromatic N) is 1. The van der Waals surface area contributed by atoms with E-state index in [9.17, 15) is 0 Å². The molecule has 1 aliphatic rings. The minimum Gasteiger partial charge on any atom is -0.396 e. The van der Waals surface area contributed by atoms with Crippen LogP contribution in [0, 0.1) is 5.92 Å². The maximum Gasteiger partial charge on any atom is 0.0431 e. The van der Waals surface area contributed by atoms with E-state index in [1.54, 1.807) is 0 Å². The summed E-state index contributed by atoms with van der Waals surface area (Å²) >= 11 is 0. The molecule has 0 saturated carbocycles. The van der Waals surface area contributed by atoms with Gasteiger partial charge in [0.2, 0.25) is 0 Å². The van der Waals surface area contributed by atoms with Crippen molar-refractivity contribution in [3.8, 4) is 0 Å². The summed E-state index contributed by atoms with van der Waals surface area (Å²) in [5, 5.41) is 8.79. The summed E-state index contributed by atoms with van der Waals surface area (Å²) in [4.78, 5) is 2.64. The first-order valence-corrected chi connectivity index (χ1v) is 9.70. The standard InChI is InChI=1S/C19H39NO/c1-2-3-4-5-6-7-9-12-19-13-16-20(17-14-19)15-10-8-11-18-21/h19,21H,2-18H2,1H3. The first-order valence-electron chi connectivity index (χ1n) is 9.70. The Morgan fingerprint density at radius 1 is 0.810 bits per heavy atom. The van der Waals surface area contributed by atoms with Crippen LogP contribution in [0.1, 0.15) is 90.4 Å². The van der Waals surface area contributed by atoms with Gasteiger partial charge in [0.25, 0.3) is 0 Å². The Labute approximate surface area is 133 Å². The van der Waals surface area contributed by atoms with Crippen molar-refractivity contribution in [1.29, 1.82) is 0 Å². The zero-order chi connectivity index (χ0) is 15.2. The number of hydrogen-bond donors (Lipinski definition) is 1. The third kappa shape index (κ3) is 10.3. The minimum absolute atomic E-state index is 0.362. The second-order valence-electron chi connectivity index (χ2n) is 6.98. The van der Waals surface area contributed by atoms with Crippen LogP contribution in [0.4, 0.5) is 0 Å². The highest BCUT2D eigenvalue weighted by molar-refractivity contribution is 4.72. The van der Waals surface area contributed by atoms with E-state index in [-0.39, 0.29) is 0 Å². The van der Waals surface area contributed by atoms with E-state index in [2.05, 4.69) is 11.8 Å². The van der Waals surface area contributed by atoms with E-state index in [0.717, 1.165) is 12.3 Å². The Morgan fingerprint density at radius 3 is 2.10 bits per heavy atom. The molecule has 0 unspecified atom stereocenters. The molecule has 126 valence electrons. The maximum atomic E-state index is 8.79. The molecular weight excluding hydrogens is 258 g/mol. The van der Waals surface area contributed by atoms with Crippen molar-refractivity contribution < 1.29 is 5.11 Å². The number of rotatable bonds is 13. The summed E-state index contributed by atoms with van der Waals surface area (Å²) in [5.74, 6) is 1.01. The summed E-state index contributed by atoms with van der Waals surface area (Å²) in [6.45, 7) is 6.55. The smallest absolute Gasteiger partial charge is 0.0431 e. The molecule has 0 radical (unpaired) electrons. The molecule has 0 aromatic heterocycles. The number of piperidine rings is 1. The van der Waals surface area contributed by atoms with Crippen LogP contribution >= 0.6 is 0 Å². The minimum atomic E-state index is 0.362. The molecule has 0 bridgehead atoms. The van der Waals surface area contributed by atoms with Gasteiger partial charge in [0.05, 0.1) is 0 Å². The number of likely N-dealkylation sites (tertiary alicyclic amines) is 1. The molecule has 1 heterocycles. The molecule has 0 spiro atoms. The van der Waals surface area contributed by atoms with E-state index in [1.165, 1.54) is 96.7 Å². The molecule has 0 aromatic carbocycles. The molecule has 2 nitrogen and oxygen atoms in total. The summed E-state index contributed by atoms with van der Waals surface area (Å²) in [6.07, 6.45) is 17.9. The van der Waals surface area contributed by atoms with Gasteiger partial charge in [-0.1, -0.05) is 58.3 Å². The molecule has 1 aliphatic heterocycles. The van der Waals surface area contributed by atoms with Gasteiger partial charge in [-0.25, -0.2) is 0 Å². The monoisotopic (exact) mass is 297 g/mol. The summed E-state index contributed by atoms with van der Waals surface area (Å²) in [6, 6.07) is 0. The highest BCUT2D eigenvalue weighted by Gasteiger charge is 2.18. The number of unbranched alkanes of at least 4 members (excludes halogenated alkanes) is 8. The van der Waals surface area contributed by atoms with Gasteiger partial charge in [0, 0.05) is 6.61 Å². The van der Waals surface area contributed by atoms with Crippen LogP contribution in [0.3, 0.4) is 0 Å². The highest BCUT2D eigenvalue weighted by Crippen LogP contribution is 2.23. The Morgan fingerprint density at radius 2 is 1.43 bits per heavy atom. The second kappa shape index (κ2) is 13.6. The lowest BCUT2D eigenvalue weighted by atomic mass is 9.91. The first-order chi connectivity index (χ1) is 10.4. The number of aliphatic hydroxyl groups is 1. The Bertz CT molecular complexity index is 209. The van der Waals surface area contributed by atoms with Crippen LogP contribution in [-0.4, -0.2) is 36.2 Å². The molecule has 2 heteroatoms.